The number of pyridine rings is 3. The van der Waals surface area contributed by atoms with Crippen molar-refractivity contribution >= 4 is 32.7 Å². The van der Waals surface area contributed by atoms with E-state index in [1.165, 1.54) is 36.4 Å². The van der Waals surface area contributed by atoms with E-state index in [1.807, 2.05) is 79.6 Å². The van der Waals surface area contributed by atoms with Crippen LogP contribution in [0.4, 0.5) is 13.2 Å². The zero-order valence-corrected chi connectivity index (χ0v) is 33.0. The molecule has 0 amide bonds. The summed E-state index contributed by atoms with van der Waals surface area (Å²) in [5.41, 5.74) is 10.1. The van der Waals surface area contributed by atoms with Crippen molar-refractivity contribution in [3.05, 3.63) is 201 Å². The molecule has 15 heteroatoms. The maximum Gasteiger partial charge on any atom is 0.153 e. The lowest BCUT2D eigenvalue weighted by Crippen LogP contribution is -1.95. The number of hydrogen-bond acceptors (Lipinski definition) is 6. The number of benzene rings is 3. The van der Waals surface area contributed by atoms with Gasteiger partial charge in [-0.1, -0.05) is 6.07 Å². The number of halogens is 3. The third kappa shape index (κ3) is 7.96. The first kappa shape index (κ1) is 38.4. The highest BCUT2D eigenvalue weighted by atomic mass is 19.1. The van der Waals surface area contributed by atoms with E-state index >= 15 is 0 Å². The summed E-state index contributed by atoms with van der Waals surface area (Å²) in [4.78, 5) is 21.6. The van der Waals surface area contributed by atoms with Crippen molar-refractivity contribution in [2.45, 2.75) is 0 Å². The summed E-state index contributed by atoms with van der Waals surface area (Å²) >= 11 is 0. The Labute approximate surface area is 356 Å². The SMILES string of the molecule is Fc1ccc2c(-c3cnn(-c4ccccn4)c3)c[nH]c2c1.Fc1ccc2c(-c3cnn(-c4cccnc4)c3)c[nH]c2c1.Fc1ccc2c(-c3cnn(-c4ccncc4)c3)c[nH]c2c1. The van der Waals surface area contributed by atoms with Gasteiger partial charge in [0.2, 0.25) is 0 Å². The summed E-state index contributed by atoms with van der Waals surface area (Å²) in [7, 11) is 0. The van der Waals surface area contributed by atoms with Crippen LogP contribution in [0.1, 0.15) is 0 Å². The Morgan fingerprint density at radius 3 is 1.38 bits per heavy atom. The van der Waals surface area contributed by atoms with Crippen LogP contribution < -0.4 is 0 Å². The van der Waals surface area contributed by atoms with Crippen LogP contribution in [0.25, 0.3) is 83.3 Å². The molecule has 9 aromatic heterocycles. The number of aromatic amines is 3. The minimum absolute atomic E-state index is 0.247. The summed E-state index contributed by atoms with van der Waals surface area (Å²) < 4.78 is 45.0. The van der Waals surface area contributed by atoms with E-state index in [-0.39, 0.29) is 17.5 Å². The van der Waals surface area contributed by atoms with Gasteiger partial charge in [0, 0.05) is 128 Å². The number of fused-ring (bicyclic) bond motifs is 3. The number of nitrogens with zero attached hydrogens (tertiary/aromatic N) is 9. The van der Waals surface area contributed by atoms with Gasteiger partial charge in [-0.3, -0.25) is 9.97 Å². The van der Waals surface area contributed by atoms with Gasteiger partial charge in [-0.15, -0.1) is 0 Å². The molecule has 3 aromatic carbocycles. The average molecular weight is 835 g/mol. The molecule has 0 fully saturated rings. The first-order chi connectivity index (χ1) is 30.9. The van der Waals surface area contributed by atoms with Crippen molar-refractivity contribution in [2.24, 2.45) is 0 Å². The van der Waals surface area contributed by atoms with Crippen LogP contribution in [0, 0.1) is 17.5 Å². The molecule has 3 N–H and O–H groups in total. The first-order valence-corrected chi connectivity index (χ1v) is 19.6. The van der Waals surface area contributed by atoms with Gasteiger partial charge in [-0.25, -0.2) is 32.2 Å². The fourth-order valence-corrected chi connectivity index (χ4v) is 7.28. The number of hydrogen-bond donors (Lipinski definition) is 3. The summed E-state index contributed by atoms with van der Waals surface area (Å²) in [6.07, 6.45) is 25.4. The van der Waals surface area contributed by atoms with Gasteiger partial charge in [0.25, 0.3) is 0 Å². The molecule has 9 heterocycles. The van der Waals surface area contributed by atoms with Crippen molar-refractivity contribution in [3.63, 3.8) is 0 Å². The lowest BCUT2D eigenvalue weighted by Gasteiger charge is -1.98. The standard InChI is InChI=1S/3C16H11FN4/c17-12-1-2-14-15(9-19-16(14)7-12)11-8-20-21(10-11)13-3-5-18-6-4-13;17-12-3-4-14-15(9-19-16(14)6-12)11-7-20-21(10-11)13-2-1-5-18-8-13;17-12-4-5-13-14(9-19-15(13)7-12)11-8-20-21(10-11)16-3-1-2-6-18-16/h3*1-10,19H. The molecule has 0 atom stereocenters. The molecule has 0 bridgehead atoms. The van der Waals surface area contributed by atoms with Crippen LogP contribution in [0.3, 0.4) is 0 Å². The van der Waals surface area contributed by atoms with E-state index in [2.05, 4.69) is 45.2 Å². The van der Waals surface area contributed by atoms with Crippen LogP contribution in [0.15, 0.2) is 184 Å². The topological polar surface area (TPSA) is 140 Å². The fraction of sp³-hybridized carbons (Fsp3) is 0. The molecule has 0 aliphatic heterocycles. The quantitative estimate of drug-likeness (QED) is 0.152. The third-order valence-corrected chi connectivity index (χ3v) is 10.3. The Morgan fingerprint density at radius 2 is 0.905 bits per heavy atom. The van der Waals surface area contributed by atoms with Crippen LogP contribution in [0.2, 0.25) is 0 Å². The monoisotopic (exact) mass is 834 g/mol. The number of aromatic nitrogens is 12. The van der Waals surface area contributed by atoms with E-state index in [9.17, 15) is 13.2 Å². The van der Waals surface area contributed by atoms with Gasteiger partial charge < -0.3 is 15.0 Å². The highest BCUT2D eigenvalue weighted by Gasteiger charge is 2.13. The van der Waals surface area contributed by atoms with Gasteiger partial charge in [-0.05, 0) is 91.0 Å². The molecule has 63 heavy (non-hydrogen) atoms. The Hall–Kier alpha value is -8.85. The second-order valence-corrected chi connectivity index (χ2v) is 14.3. The van der Waals surface area contributed by atoms with Crippen molar-refractivity contribution in [1.29, 1.82) is 0 Å². The van der Waals surface area contributed by atoms with Crippen LogP contribution >= 0.6 is 0 Å². The van der Waals surface area contributed by atoms with Gasteiger partial charge in [0.15, 0.2) is 5.82 Å². The highest BCUT2D eigenvalue weighted by molar-refractivity contribution is 5.97. The zero-order chi connectivity index (χ0) is 42.7. The van der Waals surface area contributed by atoms with Gasteiger partial charge >= 0.3 is 0 Å². The molecule has 12 nitrogen and oxygen atoms in total. The minimum atomic E-state index is -0.250. The maximum atomic E-state index is 13.2. The zero-order valence-electron chi connectivity index (χ0n) is 33.0. The minimum Gasteiger partial charge on any atom is -0.360 e. The van der Waals surface area contributed by atoms with Crippen LogP contribution in [-0.4, -0.2) is 59.2 Å². The Bertz CT molecular complexity index is 3090. The van der Waals surface area contributed by atoms with E-state index in [1.54, 1.807) is 81.8 Å². The molecule has 306 valence electrons. The Kier molecular flexibility index (Phi) is 10.1. The van der Waals surface area contributed by atoms with Gasteiger partial charge in [0.05, 0.1) is 36.2 Å². The molecule has 0 spiro atoms. The average Bonchev–Trinajstić information content (AvgIpc) is 4.19. The summed E-state index contributed by atoms with van der Waals surface area (Å²) in [5.74, 6) is 0.0139. The maximum absolute atomic E-state index is 13.2. The van der Waals surface area contributed by atoms with Crippen molar-refractivity contribution < 1.29 is 13.2 Å². The molecule has 0 aliphatic rings. The molecular weight excluding hydrogens is 802 g/mol. The summed E-state index contributed by atoms with van der Waals surface area (Å²) in [5, 5.41) is 16.0. The van der Waals surface area contributed by atoms with Crippen molar-refractivity contribution in [2.75, 3.05) is 0 Å². The molecule has 0 saturated heterocycles. The number of nitrogens with one attached hydrogen (secondary N) is 3. The van der Waals surface area contributed by atoms with Crippen molar-refractivity contribution in [1.82, 2.24) is 59.2 Å². The fourth-order valence-electron chi connectivity index (χ4n) is 7.28. The van der Waals surface area contributed by atoms with Gasteiger partial charge in [-0.2, -0.15) is 15.3 Å². The smallest absolute Gasteiger partial charge is 0.153 e. The number of H-pyrrole nitrogens is 3. The van der Waals surface area contributed by atoms with E-state index in [4.69, 9.17) is 0 Å². The molecule has 0 radical (unpaired) electrons. The molecule has 0 aliphatic carbocycles. The predicted molar refractivity (Wildman–Crippen MR) is 236 cm³/mol. The molecular formula is C48H33F3N12. The van der Waals surface area contributed by atoms with E-state index in [0.29, 0.717) is 0 Å². The Balaban J connectivity index is 0.000000112. The molecule has 12 rings (SSSR count). The third-order valence-electron chi connectivity index (χ3n) is 10.3. The normalized spacial score (nSPS) is 11.1. The Morgan fingerprint density at radius 1 is 0.413 bits per heavy atom. The van der Waals surface area contributed by atoms with E-state index in [0.717, 1.165) is 83.3 Å². The lowest BCUT2D eigenvalue weighted by atomic mass is 10.1. The molecule has 12 aromatic rings. The molecule has 0 unspecified atom stereocenters. The van der Waals surface area contributed by atoms with Crippen LogP contribution in [0.5, 0.6) is 0 Å². The number of rotatable bonds is 6. The molecule has 0 saturated carbocycles. The highest BCUT2D eigenvalue weighted by Crippen LogP contribution is 2.32. The first-order valence-electron chi connectivity index (χ1n) is 19.6. The van der Waals surface area contributed by atoms with Gasteiger partial charge in [0.1, 0.15) is 17.5 Å². The largest absolute Gasteiger partial charge is 0.360 e. The van der Waals surface area contributed by atoms with Crippen LogP contribution in [-0.2, 0) is 0 Å². The van der Waals surface area contributed by atoms with E-state index < -0.39 is 0 Å². The lowest BCUT2D eigenvalue weighted by molar-refractivity contribution is 0.629. The second-order valence-electron chi connectivity index (χ2n) is 14.3. The second kappa shape index (κ2) is 16.7. The predicted octanol–water partition coefficient (Wildman–Crippen LogP) is 10.7. The summed E-state index contributed by atoms with van der Waals surface area (Å²) in [6, 6.07) is 27.4. The van der Waals surface area contributed by atoms with Crippen molar-refractivity contribution in [3.8, 4) is 50.6 Å². The summed E-state index contributed by atoms with van der Waals surface area (Å²) in [6.45, 7) is 0.